The molecule has 4 rings (SSSR count). The fraction of sp³-hybridized carbons (Fsp3) is 0.278. The lowest BCUT2D eigenvalue weighted by atomic mass is 9.88. The van der Waals surface area contributed by atoms with Gasteiger partial charge in [0.05, 0.1) is 17.9 Å². The van der Waals surface area contributed by atoms with Gasteiger partial charge in [-0.25, -0.2) is 4.68 Å². The molecule has 0 unspecified atom stereocenters. The maximum absolute atomic E-state index is 4.53. The Kier molecular flexibility index (Phi) is 3.22. The van der Waals surface area contributed by atoms with Gasteiger partial charge in [-0.1, -0.05) is 35.5 Å². The Morgan fingerprint density at radius 2 is 1.95 bits per heavy atom. The molecule has 0 amide bonds. The summed E-state index contributed by atoms with van der Waals surface area (Å²) in [6.07, 6.45) is 5.49. The first kappa shape index (κ1) is 13.2. The van der Waals surface area contributed by atoms with E-state index in [-0.39, 0.29) is 6.04 Å². The predicted molar refractivity (Wildman–Crippen MR) is 85.5 cm³/mol. The molecule has 0 saturated heterocycles. The molecule has 1 aromatic carbocycles. The van der Waals surface area contributed by atoms with Crippen LogP contribution in [-0.4, -0.2) is 20.0 Å². The van der Waals surface area contributed by atoms with Gasteiger partial charge < -0.3 is 0 Å². The summed E-state index contributed by atoms with van der Waals surface area (Å²) in [7, 11) is 0. The second-order valence-electron chi connectivity index (χ2n) is 5.85. The van der Waals surface area contributed by atoms with E-state index >= 15 is 0 Å². The highest BCUT2D eigenvalue weighted by Crippen LogP contribution is 2.32. The lowest BCUT2D eigenvalue weighted by Crippen LogP contribution is -2.17. The van der Waals surface area contributed by atoms with E-state index < -0.39 is 0 Å². The van der Waals surface area contributed by atoms with Crippen molar-refractivity contribution in [1.29, 1.82) is 0 Å². The van der Waals surface area contributed by atoms with Gasteiger partial charge in [0, 0.05) is 5.69 Å². The maximum atomic E-state index is 4.53. The number of hydrogen-bond acceptors (Lipinski definition) is 3. The third-order valence-electron chi connectivity index (χ3n) is 4.32. The number of benzene rings is 1. The molecular weight excluding hydrogens is 272 g/mol. The molecule has 110 valence electrons. The molecule has 2 heterocycles. The molecule has 0 fully saturated rings. The Hall–Kier alpha value is -2.49. The van der Waals surface area contributed by atoms with Gasteiger partial charge in [0.15, 0.2) is 0 Å². The van der Waals surface area contributed by atoms with E-state index in [1.165, 1.54) is 17.5 Å². The van der Waals surface area contributed by atoms with Crippen LogP contribution in [-0.2, 0) is 6.42 Å². The number of nitrogens with zero attached hydrogens (tertiary/aromatic N) is 4. The largest absolute Gasteiger partial charge is 0.251 e. The SMILES string of the molecule is Cc1cccc(-c2cn([C@H]3CCCc4ccccc43)nn2)n1. The molecule has 4 heteroatoms. The van der Waals surface area contributed by atoms with Gasteiger partial charge in [-0.05, 0) is 49.4 Å². The number of pyridine rings is 1. The number of fused-ring (bicyclic) bond motifs is 1. The smallest absolute Gasteiger partial charge is 0.131 e. The molecule has 3 aromatic rings. The summed E-state index contributed by atoms with van der Waals surface area (Å²) in [6, 6.07) is 14.9. The van der Waals surface area contributed by atoms with Crippen molar-refractivity contribution in [3.8, 4) is 11.4 Å². The zero-order chi connectivity index (χ0) is 14.9. The molecule has 1 aliphatic rings. The highest BCUT2D eigenvalue weighted by molar-refractivity contribution is 5.52. The van der Waals surface area contributed by atoms with E-state index in [1.807, 2.05) is 36.0 Å². The molecule has 22 heavy (non-hydrogen) atoms. The molecule has 0 aliphatic heterocycles. The third kappa shape index (κ3) is 2.30. The Balaban J connectivity index is 1.71. The van der Waals surface area contributed by atoms with Crippen molar-refractivity contribution >= 4 is 0 Å². The predicted octanol–water partition coefficient (Wildman–Crippen LogP) is 3.57. The second-order valence-corrected chi connectivity index (χ2v) is 5.85. The van der Waals surface area contributed by atoms with Crippen molar-refractivity contribution < 1.29 is 0 Å². The van der Waals surface area contributed by atoms with Crippen LogP contribution in [0.3, 0.4) is 0 Å². The van der Waals surface area contributed by atoms with Gasteiger partial charge in [-0.3, -0.25) is 4.98 Å². The highest BCUT2D eigenvalue weighted by atomic mass is 15.4. The fourth-order valence-corrected chi connectivity index (χ4v) is 3.24. The first-order chi connectivity index (χ1) is 10.8. The van der Waals surface area contributed by atoms with Crippen LogP contribution >= 0.6 is 0 Å². The van der Waals surface area contributed by atoms with Gasteiger partial charge in [0.1, 0.15) is 5.69 Å². The van der Waals surface area contributed by atoms with Crippen LogP contribution in [0.15, 0.2) is 48.7 Å². The quantitative estimate of drug-likeness (QED) is 0.724. The van der Waals surface area contributed by atoms with Crippen LogP contribution < -0.4 is 0 Å². The third-order valence-corrected chi connectivity index (χ3v) is 4.32. The van der Waals surface area contributed by atoms with E-state index in [0.717, 1.165) is 29.9 Å². The average Bonchev–Trinajstić information content (AvgIpc) is 3.04. The summed E-state index contributed by atoms with van der Waals surface area (Å²) >= 11 is 0. The number of aryl methyl sites for hydroxylation is 2. The van der Waals surface area contributed by atoms with Crippen molar-refractivity contribution in [2.75, 3.05) is 0 Å². The van der Waals surface area contributed by atoms with Crippen molar-refractivity contribution in [1.82, 2.24) is 20.0 Å². The molecule has 0 saturated carbocycles. The molecule has 0 bridgehead atoms. The Morgan fingerprint density at radius 1 is 1.05 bits per heavy atom. The molecule has 0 N–H and O–H groups in total. The average molecular weight is 290 g/mol. The summed E-state index contributed by atoms with van der Waals surface area (Å²) < 4.78 is 2.00. The van der Waals surface area contributed by atoms with Gasteiger partial charge in [-0.15, -0.1) is 5.10 Å². The van der Waals surface area contributed by atoms with Crippen LogP contribution in [0, 0.1) is 6.92 Å². The lowest BCUT2D eigenvalue weighted by Gasteiger charge is -2.25. The Morgan fingerprint density at radius 3 is 2.86 bits per heavy atom. The van der Waals surface area contributed by atoms with Gasteiger partial charge >= 0.3 is 0 Å². The molecule has 2 aromatic heterocycles. The van der Waals surface area contributed by atoms with Gasteiger partial charge in [-0.2, -0.15) is 0 Å². The monoisotopic (exact) mass is 290 g/mol. The second kappa shape index (κ2) is 5.37. The molecule has 0 radical (unpaired) electrons. The molecule has 4 nitrogen and oxygen atoms in total. The van der Waals surface area contributed by atoms with Crippen molar-refractivity contribution in [2.45, 2.75) is 32.2 Å². The van der Waals surface area contributed by atoms with Crippen LogP contribution in [0.1, 0.15) is 35.7 Å². The van der Waals surface area contributed by atoms with Crippen molar-refractivity contribution in [3.05, 3.63) is 65.5 Å². The molecule has 1 atom stereocenters. The minimum atomic E-state index is 0.288. The molecule has 0 spiro atoms. The van der Waals surface area contributed by atoms with Crippen molar-refractivity contribution in [3.63, 3.8) is 0 Å². The number of rotatable bonds is 2. The summed E-state index contributed by atoms with van der Waals surface area (Å²) in [4.78, 5) is 4.53. The fourth-order valence-electron chi connectivity index (χ4n) is 3.24. The first-order valence-electron chi connectivity index (χ1n) is 7.75. The van der Waals surface area contributed by atoms with E-state index in [4.69, 9.17) is 0 Å². The molecular formula is C18H18N4. The van der Waals surface area contributed by atoms with E-state index in [1.54, 1.807) is 0 Å². The highest BCUT2D eigenvalue weighted by Gasteiger charge is 2.22. The maximum Gasteiger partial charge on any atom is 0.131 e. The standard InChI is InChI=1S/C18H18N4/c1-13-6-4-10-16(19-13)17-12-22(21-20-17)18-11-5-8-14-7-2-3-9-15(14)18/h2-4,6-7,9-10,12,18H,5,8,11H2,1H3/t18-/m0/s1. The lowest BCUT2D eigenvalue weighted by molar-refractivity contribution is 0.440. The zero-order valence-corrected chi connectivity index (χ0v) is 12.6. The number of aromatic nitrogens is 4. The van der Waals surface area contributed by atoms with Gasteiger partial charge in [0.25, 0.3) is 0 Å². The van der Waals surface area contributed by atoms with E-state index in [9.17, 15) is 0 Å². The topological polar surface area (TPSA) is 43.6 Å². The van der Waals surface area contributed by atoms with Crippen LogP contribution in [0.4, 0.5) is 0 Å². The van der Waals surface area contributed by atoms with Crippen LogP contribution in [0.2, 0.25) is 0 Å². The minimum absolute atomic E-state index is 0.288. The Bertz CT molecular complexity index is 806. The van der Waals surface area contributed by atoms with Gasteiger partial charge in [0.2, 0.25) is 0 Å². The van der Waals surface area contributed by atoms with E-state index in [0.29, 0.717) is 0 Å². The molecule has 1 aliphatic carbocycles. The van der Waals surface area contributed by atoms with Crippen molar-refractivity contribution in [2.24, 2.45) is 0 Å². The van der Waals surface area contributed by atoms with E-state index in [2.05, 4.69) is 39.6 Å². The summed E-state index contributed by atoms with van der Waals surface area (Å²) in [5, 5.41) is 8.70. The Labute approximate surface area is 129 Å². The summed E-state index contributed by atoms with van der Waals surface area (Å²) in [5.41, 5.74) is 5.53. The number of hydrogen-bond donors (Lipinski definition) is 0. The summed E-state index contributed by atoms with van der Waals surface area (Å²) in [5.74, 6) is 0. The first-order valence-corrected chi connectivity index (χ1v) is 7.75. The minimum Gasteiger partial charge on any atom is -0.251 e. The zero-order valence-electron chi connectivity index (χ0n) is 12.6. The van der Waals surface area contributed by atoms with Crippen LogP contribution in [0.25, 0.3) is 11.4 Å². The normalized spacial score (nSPS) is 17.2. The summed E-state index contributed by atoms with van der Waals surface area (Å²) in [6.45, 7) is 1.99. The van der Waals surface area contributed by atoms with Crippen LogP contribution in [0.5, 0.6) is 0 Å².